The van der Waals surface area contributed by atoms with Gasteiger partial charge in [-0.15, -0.1) is 0 Å². The van der Waals surface area contributed by atoms with Crippen molar-refractivity contribution in [2.45, 2.75) is 26.8 Å². The molecule has 1 fully saturated rings. The van der Waals surface area contributed by atoms with Crippen molar-refractivity contribution in [2.75, 3.05) is 13.1 Å². The molecule has 0 aromatic carbocycles. The summed E-state index contributed by atoms with van der Waals surface area (Å²) in [7, 11) is 0. The van der Waals surface area contributed by atoms with E-state index in [1.165, 1.54) is 18.8 Å². The van der Waals surface area contributed by atoms with Gasteiger partial charge in [0.25, 0.3) is 0 Å². The van der Waals surface area contributed by atoms with E-state index in [2.05, 4.69) is 42.8 Å². The molecule has 82 valence electrons. The van der Waals surface area contributed by atoms with Crippen LogP contribution in [0.5, 0.6) is 0 Å². The molecular formula is C13H20N2. The number of hydrogen-bond donors (Lipinski definition) is 0. The maximum Gasteiger partial charge on any atom is 0.0572 e. The Hall–Kier alpha value is -0.890. The van der Waals surface area contributed by atoms with E-state index < -0.39 is 0 Å². The molecule has 0 N–H and O–H groups in total. The second kappa shape index (κ2) is 4.31. The van der Waals surface area contributed by atoms with Crippen LogP contribution in [0.25, 0.3) is 0 Å². The number of aromatic nitrogens is 1. The zero-order chi connectivity index (χ0) is 10.8. The summed E-state index contributed by atoms with van der Waals surface area (Å²) in [6.45, 7) is 9.34. The average Bonchev–Trinajstić information content (AvgIpc) is 2.16. The van der Waals surface area contributed by atoms with Crippen LogP contribution in [0.4, 0.5) is 0 Å². The average molecular weight is 204 g/mol. The number of pyridine rings is 1. The lowest BCUT2D eigenvalue weighted by atomic mass is 9.87. The van der Waals surface area contributed by atoms with Crippen molar-refractivity contribution in [1.29, 1.82) is 0 Å². The molecule has 0 spiro atoms. The first-order valence-corrected chi connectivity index (χ1v) is 5.83. The number of likely N-dealkylation sites (tertiary alicyclic amines) is 1. The first kappa shape index (κ1) is 10.6. The van der Waals surface area contributed by atoms with Crippen LogP contribution in [-0.2, 0) is 0 Å². The van der Waals surface area contributed by atoms with E-state index in [0.29, 0.717) is 6.04 Å². The highest BCUT2D eigenvalue weighted by Gasteiger charge is 2.32. The van der Waals surface area contributed by atoms with Crippen molar-refractivity contribution < 1.29 is 0 Å². The zero-order valence-electron chi connectivity index (χ0n) is 9.85. The van der Waals surface area contributed by atoms with Gasteiger partial charge in [-0.3, -0.25) is 9.88 Å². The third-order valence-corrected chi connectivity index (χ3v) is 3.54. The lowest BCUT2D eigenvalue weighted by Crippen LogP contribution is -2.49. The molecule has 0 radical (unpaired) electrons. The highest BCUT2D eigenvalue weighted by atomic mass is 15.2. The second-order valence-electron chi connectivity index (χ2n) is 4.89. The van der Waals surface area contributed by atoms with Crippen molar-refractivity contribution in [3.05, 3.63) is 30.1 Å². The molecule has 0 bridgehead atoms. The molecule has 1 unspecified atom stereocenters. The minimum absolute atomic E-state index is 0.473. The fourth-order valence-corrected chi connectivity index (χ4v) is 2.10. The summed E-state index contributed by atoms with van der Waals surface area (Å²) in [6, 6.07) is 6.64. The molecule has 2 heteroatoms. The first-order valence-electron chi connectivity index (χ1n) is 5.83. The Kier molecular flexibility index (Phi) is 3.06. The minimum Gasteiger partial charge on any atom is -0.294 e. The normalized spacial score (nSPS) is 20.3. The van der Waals surface area contributed by atoms with Crippen molar-refractivity contribution >= 4 is 0 Å². The Morgan fingerprint density at radius 3 is 2.53 bits per heavy atom. The number of rotatable bonds is 3. The summed E-state index contributed by atoms with van der Waals surface area (Å²) in [5, 5.41) is 0. The van der Waals surface area contributed by atoms with Crippen molar-refractivity contribution in [2.24, 2.45) is 11.8 Å². The highest BCUT2D eigenvalue weighted by Crippen LogP contribution is 2.30. The van der Waals surface area contributed by atoms with Gasteiger partial charge in [0.05, 0.1) is 5.69 Å². The molecule has 1 aliphatic rings. The Morgan fingerprint density at radius 1 is 1.27 bits per heavy atom. The van der Waals surface area contributed by atoms with Crippen LogP contribution in [0.1, 0.15) is 32.5 Å². The molecule has 1 aliphatic heterocycles. The molecule has 1 saturated heterocycles. The van der Waals surface area contributed by atoms with E-state index >= 15 is 0 Å². The Bertz CT molecular complexity index is 302. The third kappa shape index (κ3) is 2.20. The molecule has 0 saturated carbocycles. The Balaban J connectivity index is 1.92. The lowest BCUT2D eigenvalue weighted by molar-refractivity contribution is 0.0322. The van der Waals surface area contributed by atoms with Gasteiger partial charge in [0.2, 0.25) is 0 Å². The van der Waals surface area contributed by atoms with Crippen LogP contribution in [0.3, 0.4) is 0 Å². The fourth-order valence-electron chi connectivity index (χ4n) is 2.10. The van der Waals surface area contributed by atoms with Gasteiger partial charge >= 0.3 is 0 Å². The van der Waals surface area contributed by atoms with E-state index in [1.54, 1.807) is 0 Å². The third-order valence-electron chi connectivity index (χ3n) is 3.54. The molecule has 2 heterocycles. The van der Waals surface area contributed by atoms with Gasteiger partial charge in [-0.25, -0.2) is 0 Å². The van der Waals surface area contributed by atoms with E-state index in [4.69, 9.17) is 0 Å². The summed E-state index contributed by atoms with van der Waals surface area (Å²) >= 11 is 0. The van der Waals surface area contributed by atoms with E-state index in [1.807, 2.05) is 12.3 Å². The topological polar surface area (TPSA) is 16.1 Å². The van der Waals surface area contributed by atoms with Crippen LogP contribution in [0.15, 0.2) is 24.4 Å². The maximum absolute atomic E-state index is 4.41. The standard InChI is InChI=1S/C13H20N2/c1-10(2)12-8-15(9-12)11(3)13-6-4-5-7-14-13/h4-7,10-12H,8-9H2,1-3H3. The molecule has 2 rings (SSSR count). The molecule has 1 aromatic heterocycles. The van der Waals surface area contributed by atoms with Crippen LogP contribution < -0.4 is 0 Å². The summed E-state index contributed by atoms with van der Waals surface area (Å²) in [4.78, 5) is 6.92. The summed E-state index contributed by atoms with van der Waals surface area (Å²) < 4.78 is 0. The second-order valence-corrected chi connectivity index (χ2v) is 4.89. The lowest BCUT2D eigenvalue weighted by Gasteiger charge is -2.45. The summed E-state index contributed by atoms with van der Waals surface area (Å²) in [5.74, 6) is 1.70. The van der Waals surface area contributed by atoms with E-state index in [9.17, 15) is 0 Å². The predicted octanol–water partition coefficient (Wildman–Crippen LogP) is 2.73. The van der Waals surface area contributed by atoms with Gasteiger partial charge in [-0.1, -0.05) is 19.9 Å². The van der Waals surface area contributed by atoms with Gasteiger partial charge in [-0.05, 0) is 30.9 Å². The van der Waals surface area contributed by atoms with Gasteiger partial charge < -0.3 is 0 Å². The zero-order valence-corrected chi connectivity index (χ0v) is 9.85. The largest absolute Gasteiger partial charge is 0.294 e. The quantitative estimate of drug-likeness (QED) is 0.752. The Labute approximate surface area is 92.3 Å². The van der Waals surface area contributed by atoms with Gasteiger partial charge in [0.1, 0.15) is 0 Å². The van der Waals surface area contributed by atoms with E-state index in [-0.39, 0.29) is 0 Å². The van der Waals surface area contributed by atoms with Gasteiger partial charge in [0, 0.05) is 25.3 Å². The van der Waals surface area contributed by atoms with Gasteiger partial charge in [-0.2, -0.15) is 0 Å². The molecule has 0 amide bonds. The van der Waals surface area contributed by atoms with Crippen LogP contribution in [-0.4, -0.2) is 23.0 Å². The van der Waals surface area contributed by atoms with E-state index in [0.717, 1.165) is 11.8 Å². The van der Waals surface area contributed by atoms with Crippen molar-refractivity contribution in [3.8, 4) is 0 Å². The molecule has 0 aliphatic carbocycles. The van der Waals surface area contributed by atoms with Crippen LogP contribution >= 0.6 is 0 Å². The van der Waals surface area contributed by atoms with Gasteiger partial charge in [0.15, 0.2) is 0 Å². The Morgan fingerprint density at radius 2 is 2.00 bits per heavy atom. The minimum atomic E-state index is 0.473. The summed E-state index contributed by atoms with van der Waals surface area (Å²) in [5.41, 5.74) is 1.19. The smallest absolute Gasteiger partial charge is 0.0572 e. The monoisotopic (exact) mass is 204 g/mol. The fraction of sp³-hybridized carbons (Fsp3) is 0.615. The molecule has 2 nitrogen and oxygen atoms in total. The molecule has 1 atom stereocenters. The molecule has 15 heavy (non-hydrogen) atoms. The van der Waals surface area contributed by atoms with Crippen molar-refractivity contribution in [3.63, 3.8) is 0 Å². The maximum atomic E-state index is 4.41. The highest BCUT2D eigenvalue weighted by molar-refractivity contribution is 5.09. The van der Waals surface area contributed by atoms with Crippen LogP contribution in [0.2, 0.25) is 0 Å². The first-order chi connectivity index (χ1) is 7.18. The molecule has 1 aromatic rings. The summed E-state index contributed by atoms with van der Waals surface area (Å²) in [6.07, 6.45) is 1.88. The SMILES string of the molecule is CC(C)C1CN(C(C)c2ccccn2)C1. The number of hydrogen-bond acceptors (Lipinski definition) is 2. The van der Waals surface area contributed by atoms with Crippen molar-refractivity contribution in [1.82, 2.24) is 9.88 Å². The van der Waals surface area contributed by atoms with Crippen LogP contribution in [0, 0.1) is 11.8 Å². The number of nitrogens with zero attached hydrogens (tertiary/aromatic N) is 2. The predicted molar refractivity (Wildman–Crippen MR) is 62.6 cm³/mol. The molecular weight excluding hydrogens is 184 g/mol.